The maximum Gasteiger partial charge on any atom is 0.322 e. The summed E-state index contributed by atoms with van der Waals surface area (Å²) in [5.41, 5.74) is 0.574. The van der Waals surface area contributed by atoms with Crippen molar-refractivity contribution in [2.24, 2.45) is 0 Å². The van der Waals surface area contributed by atoms with E-state index in [0.29, 0.717) is 5.56 Å². The Kier molecular flexibility index (Phi) is 3.98. The zero-order valence-electron chi connectivity index (χ0n) is 12.0. The summed E-state index contributed by atoms with van der Waals surface area (Å²) in [6, 6.07) is 10.3. The zero-order chi connectivity index (χ0) is 17.1. The van der Waals surface area contributed by atoms with E-state index in [1.165, 1.54) is 48.5 Å². The van der Waals surface area contributed by atoms with Crippen LogP contribution < -0.4 is 5.32 Å². The molecule has 0 fully saturated rings. The van der Waals surface area contributed by atoms with Crippen LogP contribution in [-0.4, -0.2) is 21.0 Å². The van der Waals surface area contributed by atoms with Crippen molar-refractivity contribution in [3.8, 4) is 11.5 Å². The Balaban J connectivity index is 1.73. The summed E-state index contributed by atoms with van der Waals surface area (Å²) >= 11 is 0. The highest BCUT2D eigenvalue weighted by Gasteiger charge is 2.14. The lowest BCUT2D eigenvalue weighted by Crippen LogP contribution is -2.12. The fraction of sp³-hybridized carbons (Fsp3) is 0. The van der Waals surface area contributed by atoms with E-state index in [1.807, 2.05) is 0 Å². The van der Waals surface area contributed by atoms with Gasteiger partial charge in [-0.15, -0.1) is 5.10 Å². The molecule has 8 nitrogen and oxygen atoms in total. The number of nitro groups is 1. The molecule has 1 amide bonds. The fourth-order valence-corrected chi connectivity index (χ4v) is 1.89. The molecule has 0 unspecified atom stereocenters. The highest BCUT2D eigenvalue weighted by atomic mass is 19.1. The molecule has 0 atom stereocenters. The number of hydrogen-bond acceptors (Lipinski definition) is 6. The number of anilines is 1. The van der Waals surface area contributed by atoms with Crippen LogP contribution in [0.5, 0.6) is 0 Å². The number of carbonyl (C=O) groups excluding carboxylic acids is 1. The SMILES string of the molecule is O=C(Nc1nnc(-c2ccc(F)cc2)o1)c1ccc([N+](=O)[O-])cc1. The molecule has 0 saturated carbocycles. The quantitative estimate of drug-likeness (QED) is 0.582. The first-order valence-corrected chi connectivity index (χ1v) is 6.68. The first-order chi connectivity index (χ1) is 11.5. The van der Waals surface area contributed by atoms with E-state index >= 15 is 0 Å². The summed E-state index contributed by atoms with van der Waals surface area (Å²) in [5.74, 6) is -0.835. The first-order valence-electron chi connectivity index (χ1n) is 6.68. The Morgan fingerprint density at radius 3 is 2.38 bits per heavy atom. The summed E-state index contributed by atoms with van der Waals surface area (Å²) < 4.78 is 18.2. The van der Waals surface area contributed by atoms with Gasteiger partial charge >= 0.3 is 6.01 Å². The van der Waals surface area contributed by atoms with Crippen LogP contribution in [0, 0.1) is 15.9 Å². The predicted octanol–water partition coefficient (Wildman–Crippen LogP) is 3.04. The Labute approximate surface area is 134 Å². The molecule has 3 rings (SSSR count). The van der Waals surface area contributed by atoms with Crippen LogP contribution >= 0.6 is 0 Å². The molecule has 0 aliphatic rings. The zero-order valence-corrected chi connectivity index (χ0v) is 12.0. The lowest BCUT2D eigenvalue weighted by atomic mass is 10.2. The maximum atomic E-state index is 12.9. The van der Waals surface area contributed by atoms with Crippen molar-refractivity contribution in [2.75, 3.05) is 5.32 Å². The summed E-state index contributed by atoms with van der Waals surface area (Å²) in [6.07, 6.45) is 0. The number of nitrogens with one attached hydrogen (secondary N) is 1. The Hall–Kier alpha value is -3.62. The van der Waals surface area contributed by atoms with Crippen molar-refractivity contribution in [3.63, 3.8) is 0 Å². The molecule has 1 aromatic heterocycles. The molecule has 0 aliphatic heterocycles. The summed E-state index contributed by atoms with van der Waals surface area (Å²) in [7, 11) is 0. The van der Waals surface area contributed by atoms with E-state index in [0.717, 1.165) is 0 Å². The van der Waals surface area contributed by atoms with Gasteiger partial charge < -0.3 is 4.42 Å². The van der Waals surface area contributed by atoms with Crippen molar-refractivity contribution >= 4 is 17.6 Å². The number of nitrogens with zero attached hydrogens (tertiary/aromatic N) is 3. The van der Waals surface area contributed by atoms with Gasteiger partial charge in [-0.1, -0.05) is 5.10 Å². The normalized spacial score (nSPS) is 10.4. The average Bonchev–Trinajstić information content (AvgIpc) is 3.04. The van der Waals surface area contributed by atoms with Crippen molar-refractivity contribution < 1.29 is 18.5 Å². The minimum absolute atomic E-state index is 0.119. The minimum Gasteiger partial charge on any atom is -0.403 e. The molecule has 0 aliphatic carbocycles. The fourth-order valence-electron chi connectivity index (χ4n) is 1.89. The van der Waals surface area contributed by atoms with E-state index in [9.17, 15) is 19.3 Å². The number of hydrogen-bond donors (Lipinski definition) is 1. The number of nitro benzene ring substituents is 1. The van der Waals surface area contributed by atoms with Gasteiger partial charge in [-0.3, -0.25) is 20.2 Å². The van der Waals surface area contributed by atoms with Crippen LogP contribution in [0.25, 0.3) is 11.5 Å². The van der Waals surface area contributed by atoms with Gasteiger partial charge in [0, 0.05) is 23.3 Å². The highest BCUT2D eigenvalue weighted by Crippen LogP contribution is 2.20. The van der Waals surface area contributed by atoms with Gasteiger partial charge in [0.25, 0.3) is 11.6 Å². The molecule has 120 valence electrons. The summed E-state index contributed by atoms with van der Waals surface area (Å²) in [4.78, 5) is 22.0. The lowest BCUT2D eigenvalue weighted by molar-refractivity contribution is -0.384. The van der Waals surface area contributed by atoms with E-state index in [4.69, 9.17) is 4.42 Å². The standard InChI is InChI=1S/C15H9FN4O4/c16-11-5-1-10(2-6-11)14-18-19-15(24-14)17-13(21)9-3-7-12(8-4-9)20(22)23/h1-8H,(H,17,19,21). The van der Waals surface area contributed by atoms with Gasteiger partial charge in [-0.05, 0) is 36.4 Å². The van der Waals surface area contributed by atoms with Crippen LogP contribution in [0.4, 0.5) is 16.1 Å². The second-order valence-electron chi connectivity index (χ2n) is 4.68. The van der Waals surface area contributed by atoms with Crippen LogP contribution in [0.2, 0.25) is 0 Å². The predicted molar refractivity (Wildman–Crippen MR) is 80.7 cm³/mol. The molecule has 1 N–H and O–H groups in total. The second-order valence-corrected chi connectivity index (χ2v) is 4.68. The molecular weight excluding hydrogens is 319 g/mol. The first kappa shape index (κ1) is 15.3. The van der Waals surface area contributed by atoms with Gasteiger partial charge in [0.1, 0.15) is 5.82 Å². The summed E-state index contributed by atoms with van der Waals surface area (Å²) in [6.45, 7) is 0. The second kappa shape index (κ2) is 6.24. The Bertz CT molecular complexity index is 891. The molecule has 0 radical (unpaired) electrons. The number of carbonyl (C=O) groups is 1. The number of amides is 1. The summed E-state index contributed by atoms with van der Waals surface area (Å²) in [5, 5.41) is 20.4. The van der Waals surface area contributed by atoms with Gasteiger partial charge in [0.2, 0.25) is 5.89 Å². The van der Waals surface area contributed by atoms with E-state index in [2.05, 4.69) is 15.5 Å². The largest absolute Gasteiger partial charge is 0.403 e. The Morgan fingerprint density at radius 1 is 1.08 bits per heavy atom. The van der Waals surface area contributed by atoms with Crippen molar-refractivity contribution in [1.29, 1.82) is 0 Å². The van der Waals surface area contributed by atoms with Gasteiger partial charge in [-0.25, -0.2) is 4.39 Å². The molecule has 0 spiro atoms. The van der Waals surface area contributed by atoms with Gasteiger partial charge in [0.15, 0.2) is 0 Å². The van der Waals surface area contributed by atoms with Crippen LogP contribution in [0.1, 0.15) is 10.4 Å². The van der Waals surface area contributed by atoms with E-state index in [-0.39, 0.29) is 23.2 Å². The number of non-ortho nitro benzene ring substituents is 1. The van der Waals surface area contributed by atoms with Gasteiger partial charge in [-0.2, -0.15) is 0 Å². The molecule has 0 saturated heterocycles. The molecule has 3 aromatic rings. The van der Waals surface area contributed by atoms with Gasteiger partial charge in [0.05, 0.1) is 4.92 Å². The number of benzene rings is 2. The van der Waals surface area contributed by atoms with Crippen LogP contribution in [-0.2, 0) is 0 Å². The molecular formula is C15H9FN4O4. The van der Waals surface area contributed by atoms with Crippen LogP contribution in [0.3, 0.4) is 0 Å². The third-order valence-corrected chi connectivity index (χ3v) is 3.08. The molecule has 1 heterocycles. The smallest absolute Gasteiger partial charge is 0.322 e. The van der Waals surface area contributed by atoms with Crippen molar-refractivity contribution in [3.05, 3.63) is 70.0 Å². The van der Waals surface area contributed by atoms with Crippen molar-refractivity contribution in [1.82, 2.24) is 10.2 Å². The van der Waals surface area contributed by atoms with E-state index < -0.39 is 16.6 Å². The average molecular weight is 328 g/mol. The number of aromatic nitrogens is 2. The van der Waals surface area contributed by atoms with E-state index in [1.54, 1.807) is 0 Å². The third-order valence-electron chi connectivity index (χ3n) is 3.08. The Morgan fingerprint density at radius 2 is 1.75 bits per heavy atom. The molecule has 24 heavy (non-hydrogen) atoms. The van der Waals surface area contributed by atoms with Crippen molar-refractivity contribution in [2.45, 2.75) is 0 Å². The number of rotatable bonds is 4. The van der Waals surface area contributed by atoms with Crippen LogP contribution in [0.15, 0.2) is 52.9 Å². The maximum absolute atomic E-state index is 12.9. The topological polar surface area (TPSA) is 111 Å². The highest BCUT2D eigenvalue weighted by molar-refractivity contribution is 6.03. The third kappa shape index (κ3) is 3.24. The molecule has 9 heteroatoms. The number of halogens is 1. The minimum atomic E-state index is -0.561. The molecule has 2 aromatic carbocycles. The lowest BCUT2D eigenvalue weighted by Gasteiger charge is -2.00. The molecule has 0 bridgehead atoms. The monoisotopic (exact) mass is 328 g/mol.